The van der Waals surface area contributed by atoms with E-state index < -0.39 is 0 Å². The van der Waals surface area contributed by atoms with Crippen molar-refractivity contribution in [2.75, 3.05) is 13.1 Å². The molecule has 0 saturated carbocycles. The second-order valence-electron chi connectivity index (χ2n) is 6.88. The highest BCUT2D eigenvalue weighted by Crippen LogP contribution is 2.33. The number of aromatic nitrogens is 1. The number of carbonyl (C=O) groups is 1. The quantitative estimate of drug-likeness (QED) is 0.871. The minimum absolute atomic E-state index is 0.0422. The van der Waals surface area contributed by atoms with Crippen LogP contribution in [0.5, 0.6) is 0 Å². The standard InChI is InChI=1S/C19H23N3O2/c1-13-8-11-24-18(13)19(23)22-10-7-16-17(22)6-9-21(16)12-15-5-3-4-14(2)20-15/h3-5,8,11,16-17H,6-7,9-10,12H2,1-2H3/t16-,17+/m0/s1. The van der Waals surface area contributed by atoms with Gasteiger partial charge in [0.05, 0.1) is 12.0 Å². The zero-order valence-electron chi connectivity index (χ0n) is 14.2. The number of hydrogen-bond donors (Lipinski definition) is 0. The summed E-state index contributed by atoms with van der Waals surface area (Å²) >= 11 is 0. The second-order valence-corrected chi connectivity index (χ2v) is 6.88. The highest BCUT2D eigenvalue weighted by Gasteiger charge is 2.45. The van der Waals surface area contributed by atoms with Crippen LogP contribution in [0.25, 0.3) is 0 Å². The van der Waals surface area contributed by atoms with Crippen LogP contribution >= 0.6 is 0 Å². The molecule has 0 radical (unpaired) electrons. The van der Waals surface area contributed by atoms with Crippen LogP contribution in [0.1, 0.15) is 40.3 Å². The van der Waals surface area contributed by atoms with E-state index in [1.54, 1.807) is 6.26 Å². The summed E-state index contributed by atoms with van der Waals surface area (Å²) in [5.41, 5.74) is 3.09. The van der Waals surface area contributed by atoms with Crippen molar-refractivity contribution in [2.24, 2.45) is 0 Å². The third kappa shape index (κ3) is 2.63. The molecule has 2 saturated heterocycles. The fraction of sp³-hybridized carbons (Fsp3) is 0.474. The number of carbonyl (C=O) groups excluding carboxylic acids is 1. The number of aryl methyl sites for hydroxylation is 2. The summed E-state index contributed by atoms with van der Waals surface area (Å²) in [6, 6.07) is 8.77. The molecule has 126 valence electrons. The third-order valence-electron chi connectivity index (χ3n) is 5.32. The topological polar surface area (TPSA) is 49.6 Å². The van der Waals surface area contributed by atoms with Crippen LogP contribution in [-0.2, 0) is 6.54 Å². The lowest BCUT2D eigenvalue weighted by atomic mass is 10.1. The fourth-order valence-corrected chi connectivity index (χ4v) is 4.14. The molecular formula is C19H23N3O2. The van der Waals surface area contributed by atoms with E-state index in [9.17, 15) is 4.79 Å². The molecule has 24 heavy (non-hydrogen) atoms. The summed E-state index contributed by atoms with van der Waals surface area (Å²) in [6.45, 7) is 6.65. The van der Waals surface area contributed by atoms with Crippen LogP contribution in [0.15, 0.2) is 34.9 Å². The van der Waals surface area contributed by atoms with Crippen molar-refractivity contribution in [3.8, 4) is 0 Å². The zero-order valence-corrected chi connectivity index (χ0v) is 14.2. The van der Waals surface area contributed by atoms with Crippen molar-refractivity contribution in [2.45, 2.75) is 45.3 Å². The van der Waals surface area contributed by atoms with E-state index in [0.717, 1.165) is 49.4 Å². The average Bonchev–Trinajstić information content (AvgIpc) is 3.24. The maximum absolute atomic E-state index is 12.8. The minimum atomic E-state index is 0.0422. The van der Waals surface area contributed by atoms with E-state index >= 15 is 0 Å². The van der Waals surface area contributed by atoms with E-state index in [1.165, 1.54) is 0 Å². The lowest BCUT2D eigenvalue weighted by Crippen LogP contribution is -2.39. The molecule has 5 heteroatoms. The Labute approximate surface area is 142 Å². The molecule has 0 spiro atoms. The Balaban J connectivity index is 1.47. The van der Waals surface area contributed by atoms with Gasteiger partial charge < -0.3 is 9.32 Å². The first-order chi connectivity index (χ1) is 11.6. The Morgan fingerprint density at radius 3 is 2.79 bits per heavy atom. The number of fused-ring (bicyclic) bond motifs is 1. The Bertz CT molecular complexity index is 755. The van der Waals surface area contributed by atoms with Crippen molar-refractivity contribution in [1.29, 1.82) is 0 Å². The molecule has 0 N–H and O–H groups in total. The summed E-state index contributed by atoms with van der Waals surface area (Å²) < 4.78 is 5.41. The SMILES string of the molecule is Cc1cccc(CN2CC[C@@H]3[C@@H]2CCN3C(=O)c2occc2C)n1. The molecule has 2 aliphatic heterocycles. The summed E-state index contributed by atoms with van der Waals surface area (Å²) in [7, 11) is 0. The Hall–Kier alpha value is -2.14. The smallest absolute Gasteiger partial charge is 0.290 e. The van der Waals surface area contributed by atoms with Gasteiger partial charge in [0, 0.05) is 43.0 Å². The van der Waals surface area contributed by atoms with Gasteiger partial charge in [-0.2, -0.15) is 0 Å². The van der Waals surface area contributed by atoms with Gasteiger partial charge in [0.1, 0.15) is 0 Å². The Kier molecular flexibility index (Phi) is 3.88. The molecule has 0 aliphatic carbocycles. The van der Waals surface area contributed by atoms with Crippen molar-refractivity contribution >= 4 is 5.91 Å². The molecule has 2 aliphatic rings. The molecular weight excluding hydrogens is 302 g/mol. The van der Waals surface area contributed by atoms with Crippen LogP contribution in [0.2, 0.25) is 0 Å². The van der Waals surface area contributed by atoms with Crippen LogP contribution in [0, 0.1) is 13.8 Å². The van der Waals surface area contributed by atoms with Gasteiger partial charge in [-0.25, -0.2) is 0 Å². The molecule has 4 heterocycles. The molecule has 1 amide bonds. The number of amides is 1. The fourth-order valence-electron chi connectivity index (χ4n) is 4.14. The molecule has 5 nitrogen and oxygen atoms in total. The molecule has 2 aromatic rings. The van der Waals surface area contributed by atoms with Gasteiger partial charge in [0.25, 0.3) is 5.91 Å². The largest absolute Gasteiger partial charge is 0.459 e. The lowest BCUT2D eigenvalue weighted by molar-refractivity contribution is 0.0698. The van der Waals surface area contributed by atoms with Crippen molar-refractivity contribution in [3.63, 3.8) is 0 Å². The normalized spacial score (nSPS) is 23.7. The van der Waals surface area contributed by atoms with Gasteiger partial charge in [0.2, 0.25) is 0 Å². The first kappa shape index (κ1) is 15.4. The maximum Gasteiger partial charge on any atom is 0.290 e. The van der Waals surface area contributed by atoms with E-state index in [4.69, 9.17) is 4.42 Å². The van der Waals surface area contributed by atoms with E-state index in [0.29, 0.717) is 17.8 Å². The number of hydrogen-bond acceptors (Lipinski definition) is 4. The number of likely N-dealkylation sites (tertiary alicyclic amines) is 2. The van der Waals surface area contributed by atoms with Gasteiger partial charge in [0.15, 0.2) is 5.76 Å². The summed E-state index contributed by atoms with van der Waals surface area (Å²) in [4.78, 5) is 21.9. The second kappa shape index (κ2) is 6.06. The predicted molar refractivity (Wildman–Crippen MR) is 90.7 cm³/mol. The molecule has 0 aromatic carbocycles. The highest BCUT2D eigenvalue weighted by molar-refractivity contribution is 5.93. The van der Waals surface area contributed by atoms with E-state index in [1.807, 2.05) is 30.9 Å². The highest BCUT2D eigenvalue weighted by atomic mass is 16.3. The monoisotopic (exact) mass is 325 g/mol. The number of furan rings is 1. The van der Waals surface area contributed by atoms with Crippen LogP contribution < -0.4 is 0 Å². The van der Waals surface area contributed by atoms with Crippen LogP contribution in [-0.4, -0.2) is 45.9 Å². The van der Waals surface area contributed by atoms with Crippen LogP contribution in [0.3, 0.4) is 0 Å². The first-order valence-corrected chi connectivity index (χ1v) is 8.65. The summed E-state index contributed by atoms with van der Waals surface area (Å²) in [5.74, 6) is 0.537. The van der Waals surface area contributed by atoms with Gasteiger partial charge in [-0.15, -0.1) is 0 Å². The summed E-state index contributed by atoms with van der Waals surface area (Å²) in [6.07, 6.45) is 3.66. The number of nitrogens with zero attached hydrogens (tertiary/aromatic N) is 3. The molecule has 0 unspecified atom stereocenters. The zero-order chi connectivity index (χ0) is 16.7. The third-order valence-corrected chi connectivity index (χ3v) is 5.32. The van der Waals surface area contributed by atoms with Gasteiger partial charge >= 0.3 is 0 Å². The molecule has 0 bridgehead atoms. The molecule has 4 rings (SSSR count). The van der Waals surface area contributed by atoms with Gasteiger partial charge in [-0.05, 0) is 44.9 Å². The first-order valence-electron chi connectivity index (χ1n) is 8.65. The van der Waals surface area contributed by atoms with Crippen molar-refractivity contribution < 1.29 is 9.21 Å². The Morgan fingerprint density at radius 1 is 1.21 bits per heavy atom. The molecule has 2 aromatic heterocycles. The molecule has 2 atom stereocenters. The number of rotatable bonds is 3. The van der Waals surface area contributed by atoms with E-state index in [-0.39, 0.29) is 5.91 Å². The minimum Gasteiger partial charge on any atom is -0.459 e. The van der Waals surface area contributed by atoms with Gasteiger partial charge in [-0.1, -0.05) is 6.07 Å². The van der Waals surface area contributed by atoms with Crippen LogP contribution in [0.4, 0.5) is 0 Å². The van der Waals surface area contributed by atoms with E-state index in [2.05, 4.69) is 22.0 Å². The van der Waals surface area contributed by atoms with Crippen molar-refractivity contribution in [1.82, 2.24) is 14.8 Å². The van der Waals surface area contributed by atoms with Crippen molar-refractivity contribution in [3.05, 3.63) is 53.2 Å². The lowest BCUT2D eigenvalue weighted by Gasteiger charge is -2.25. The predicted octanol–water partition coefficient (Wildman–Crippen LogP) is 2.78. The Morgan fingerprint density at radius 2 is 2.04 bits per heavy atom. The number of pyridine rings is 1. The molecule has 2 fully saturated rings. The average molecular weight is 325 g/mol. The maximum atomic E-state index is 12.8. The van der Waals surface area contributed by atoms with Gasteiger partial charge in [-0.3, -0.25) is 14.7 Å². The summed E-state index contributed by atoms with van der Waals surface area (Å²) in [5, 5.41) is 0.